The summed E-state index contributed by atoms with van der Waals surface area (Å²) in [4.78, 5) is 22.2. The van der Waals surface area contributed by atoms with Gasteiger partial charge in [-0.2, -0.15) is 11.8 Å². The second-order valence-corrected chi connectivity index (χ2v) is 10.6. The minimum Gasteiger partial charge on any atom is -0.544 e. The third-order valence-corrected chi connectivity index (χ3v) is 6.85. The van der Waals surface area contributed by atoms with Crippen LogP contribution in [-0.2, 0) is 25.6 Å². The molecule has 4 N–H and O–H groups in total. The van der Waals surface area contributed by atoms with Crippen LogP contribution >= 0.6 is 11.8 Å². The quantitative estimate of drug-likeness (QED) is 0.174. The molecule has 2 aromatic carbocycles. The molecule has 1 heterocycles. The summed E-state index contributed by atoms with van der Waals surface area (Å²) in [5, 5.41) is 33.3. The van der Waals surface area contributed by atoms with E-state index in [0.29, 0.717) is 19.6 Å². The molecule has 1 amide bonds. The summed E-state index contributed by atoms with van der Waals surface area (Å²) in [6.07, 6.45) is 1.15. The van der Waals surface area contributed by atoms with Gasteiger partial charge < -0.3 is 40.2 Å². The maximum absolute atomic E-state index is 11.3. The van der Waals surface area contributed by atoms with Gasteiger partial charge in [-0.15, -0.1) is 0 Å². The van der Waals surface area contributed by atoms with Crippen molar-refractivity contribution in [3.8, 4) is 11.1 Å². The van der Waals surface area contributed by atoms with E-state index in [9.17, 15) is 14.7 Å². The van der Waals surface area contributed by atoms with Crippen molar-refractivity contribution in [1.29, 1.82) is 0 Å². The number of carboxylic acid groups (broad SMARTS) is 1. The standard InChI is InChI=1S/C16H19NO.C13H23NO5S.CH4O.Na/c1-13(18)11-17-12-14-7-9-16(10-8-14)15-5-3-2-4-6-15;1-3-20-8-4-7-18-13(12(16)17)6-5-11(9-19-13)14-10(2)15;1-2;/h2-10,13,17-18H,11-12H2,1H3;11H,3-9H2,1-2H3,(H,14,15)(H,16,17);2H,1H3;/q;;;+1/p-1/t;11?,13-;;/m.1../s1. The Morgan fingerprint density at radius 2 is 1.78 bits per heavy atom. The molecule has 11 heteroatoms. The largest absolute Gasteiger partial charge is 1.00 e. The molecule has 224 valence electrons. The van der Waals surface area contributed by atoms with Crippen molar-refractivity contribution in [3.05, 3.63) is 60.2 Å². The number of hydrogen-bond acceptors (Lipinski definition) is 9. The zero-order valence-corrected chi connectivity index (χ0v) is 27.9. The van der Waals surface area contributed by atoms with Gasteiger partial charge in [-0.1, -0.05) is 61.5 Å². The first-order valence-electron chi connectivity index (χ1n) is 13.6. The van der Waals surface area contributed by atoms with Gasteiger partial charge in [-0.3, -0.25) is 4.79 Å². The molecule has 41 heavy (non-hydrogen) atoms. The number of aliphatic carboxylic acids is 1. The van der Waals surface area contributed by atoms with E-state index in [1.807, 2.05) is 18.2 Å². The van der Waals surface area contributed by atoms with Gasteiger partial charge in [0.15, 0.2) is 0 Å². The van der Waals surface area contributed by atoms with Gasteiger partial charge in [0.2, 0.25) is 11.7 Å². The Hall–Kier alpha value is -1.47. The smallest absolute Gasteiger partial charge is 0.544 e. The average molecular weight is 601 g/mol. The predicted octanol–water partition coefficient (Wildman–Crippen LogP) is -0.656. The van der Waals surface area contributed by atoms with E-state index in [1.54, 1.807) is 18.7 Å². The van der Waals surface area contributed by atoms with Crippen molar-refractivity contribution in [3.63, 3.8) is 0 Å². The molecule has 9 nitrogen and oxygen atoms in total. The number of carbonyl (C=O) groups excluding carboxylic acids is 2. The van der Waals surface area contributed by atoms with Gasteiger partial charge >= 0.3 is 29.6 Å². The normalized spacial score (nSPS) is 18.3. The van der Waals surface area contributed by atoms with Crippen LogP contribution in [-0.4, -0.2) is 78.4 Å². The maximum atomic E-state index is 11.3. The predicted molar refractivity (Wildman–Crippen MR) is 158 cm³/mol. The first kappa shape index (κ1) is 39.5. The molecular formula is C30H45N2NaO7S. The molecule has 0 aliphatic carbocycles. The van der Waals surface area contributed by atoms with Crippen LogP contribution in [0.5, 0.6) is 0 Å². The summed E-state index contributed by atoms with van der Waals surface area (Å²) in [6.45, 7) is 7.14. The zero-order chi connectivity index (χ0) is 29.8. The van der Waals surface area contributed by atoms with Crippen LogP contribution < -0.4 is 45.3 Å². The molecule has 1 saturated heterocycles. The Morgan fingerprint density at radius 1 is 1.15 bits per heavy atom. The first-order valence-corrected chi connectivity index (χ1v) is 14.7. The van der Waals surface area contributed by atoms with Crippen molar-refractivity contribution in [2.24, 2.45) is 0 Å². The van der Waals surface area contributed by atoms with E-state index in [-0.39, 0.29) is 60.6 Å². The summed E-state index contributed by atoms with van der Waals surface area (Å²) in [5.74, 6) is -1.21. The van der Waals surface area contributed by atoms with Crippen LogP contribution in [0, 0.1) is 0 Å². The molecule has 0 saturated carbocycles. The van der Waals surface area contributed by atoms with Gasteiger partial charge in [-0.05, 0) is 48.0 Å². The summed E-state index contributed by atoms with van der Waals surface area (Å²) < 4.78 is 10.8. The van der Waals surface area contributed by atoms with E-state index >= 15 is 0 Å². The molecule has 1 aliphatic heterocycles. The Kier molecular flexibility index (Phi) is 22.2. The molecular weight excluding hydrogens is 555 g/mol. The molecule has 0 radical (unpaired) electrons. The molecule has 0 aromatic heterocycles. The summed E-state index contributed by atoms with van der Waals surface area (Å²) in [7, 11) is 1.00. The van der Waals surface area contributed by atoms with Gasteiger partial charge in [0, 0.05) is 33.5 Å². The zero-order valence-electron chi connectivity index (χ0n) is 25.1. The van der Waals surface area contributed by atoms with Crippen LogP contribution in [0.2, 0.25) is 0 Å². The third-order valence-electron chi connectivity index (χ3n) is 5.86. The van der Waals surface area contributed by atoms with Gasteiger partial charge in [0.1, 0.15) is 5.97 Å². The van der Waals surface area contributed by atoms with Gasteiger partial charge in [0.25, 0.3) is 0 Å². The van der Waals surface area contributed by atoms with Gasteiger partial charge in [-0.25, -0.2) is 0 Å². The maximum Gasteiger partial charge on any atom is 1.00 e. The number of carbonyl (C=O) groups is 2. The fourth-order valence-electron chi connectivity index (χ4n) is 3.90. The number of ether oxygens (including phenoxy) is 2. The summed E-state index contributed by atoms with van der Waals surface area (Å²) in [5.41, 5.74) is 3.70. The van der Waals surface area contributed by atoms with E-state index < -0.39 is 11.8 Å². The van der Waals surface area contributed by atoms with Crippen LogP contribution in [0.1, 0.15) is 45.6 Å². The molecule has 1 aliphatic rings. The van der Waals surface area contributed by atoms with Gasteiger partial charge in [0.05, 0.1) is 25.4 Å². The number of aliphatic hydroxyl groups is 2. The molecule has 3 atom stereocenters. The van der Waals surface area contributed by atoms with Crippen LogP contribution in [0.25, 0.3) is 11.1 Å². The summed E-state index contributed by atoms with van der Waals surface area (Å²) in [6, 6.07) is 18.7. The topological polar surface area (TPSA) is 140 Å². The Morgan fingerprint density at radius 3 is 2.29 bits per heavy atom. The Bertz CT molecular complexity index is 957. The molecule has 0 bridgehead atoms. The van der Waals surface area contributed by atoms with Crippen LogP contribution in [0.4, 0.5) is 0 Å². The SMILES string of the molecule is CC(O)CNCc1ccc(-c2ccccc2)cc1.CCSCCCO[C@]1(C(=O)[O-])CCC(NC(C)=O)CO1.CO.[Na+]. The third kappa shape index (κ3) is 16.1. The number of thioether (sulfide) groups is 1. The minimum absolute atomic E-state index is 0. The van der Waals surface area contributed by atoms with E-state index in [0.717, 1.165) is 31.6 Å². The number of nitrogens with one attached hydrogen (secondary N) is 2. The van der Waals surface area contributed by atoms with E-state index in [4.69, 9.17) is 19.7 Å². The van der Waals surface area contributed by atoms with Crippen LogP contribution in [0.3, 0.4) is 0 Å². The van der Waals surface area contributed by atoms with Crippen molar-refractivity contribution >= 4 is 23.6 Å². The Labute approximate surface area is 271 Å². The fraction of sp³-hybridized carbons (Fsp3) is 0.533. The van der Waals surface area contributed by atoms with Crippen molar-refractivity contribution in [2.75, 3.05) is 38.4 Å². The van der Waals surface area contributed by atoms with E-state index in [1.165, 1.54) is 23.6 Å². The molecule has 0 spiro atoms. The number of benzene rings is 2. The number of hydrogen-bond donors (Lipinski definition) is 4. The number of carboxylic acids is 1. The number of rotatable bonds is 13. The number of aliphatic hydroxyl groups excluding tert-OH is 2. The van der Waals surface area contributed by atoms with Crippen molar-refractivity contribution < 1.29 is 63.9 Å². The summed E-state index contributed by atoms with van der Waals surface area (Å²) >= 11 is 1.78. The van der Waals surface area contributed by atoms with Crippen LogP contribution in [0.15, 0.2) is 54.6 Å². The number of amides is 1. The van der Waals surface area contributed by atoms with Crippen molar-refractivity contribution in [1.82, 2.24) is 10.6 Å². The van der Waals surface area contributed by atoms with Crippen molar-refractivity contribution in [2.45, 2.75) is 64.5 Å². The van der Waals surface area contributed by atoms with E-state index in [2.05, 4.69) is 54.0 Å². The molecule has 2 aromatic rings. The molecule has 2 unspecified atom stereocenters. The molecule has 3 rings (SSSR count). The molecule has 1 fully saturated rings. The first-order chi connectivity index (χ1) is 19.3. The fourth-order valence-corrected chi connectivity index (χ4v) is 4.51. The average Bonchev–Trinajstić information content (AvgIpc) is 2.96. The second kappa shape index (κ2) is 23.0. The minimum atomic E-state index is -1.66. The monoisotopic (exact) mass is 600 g/mol. The Balaban J connectivity index is 0.000000722. The second-order valence-electron chi connectivity index (χ2n) is 9.23.